The second-order valence-electron chi connectivity index (χ2n) is 7.32. The first-order valence-electron chi connectivity index (χ1n) is 9.65. The van der Waals surface area contributed by atoms with Crippen molar-refractivity contribution in [3.8, 4) is 17.1 Å². The third-order valence-electron chi connectivity index (χ3n) is 5.34. The molecule has 2 aromatic heterocycles. The molecular weight excluding hydrogens is 364 g/mol. The van der Waals surface area contributed by atoms with E-state index in [9.17, 15) is 9.90 Å². The molecule has 0 bridgehead atoms. The molecule has 6 heteroatoms. The number of aromatic nitrogens is 3. The van der Waals surface area contributed by atoms with Gasteiger partial charge in [0.15, 0.2) is 0 Å². The molecule has 0 atom stereocenters. The van der Waals surface area contributed by atoms with Gasteiger partial charge in [-0.2, -0.15) is 0 Å². The third-order valence-corrected chi connectivity index (χ3v) is 5.34. The van der Waals surface area contributed by atoms with Gasteiger partial charge in [-0.3, -0.25) is 9.69 Å². The van der Waals surface area contributed by atoms with Crippen LogP contribution in [0.2, 0.25) is 0 Å². The van der Waals surface area contributed by atoms with E-state index in [1.54, 1.807) is 6.07 Å². The number of aromatic hydroxyl groups is 1. The standard InChI is InChI=1S/C23H20N4O2/c28-20-8-4-7-15-9-10-17(24-21(15)20)13-27-12-11-19-18(14-27)23(29)26-22(25-19)16-5-2-1-3-6-16/h1-10,28H,11-14H2,(H,25,26,29). The van der Waals surface area contributed by atoms with Crippen LogP contribution >= 0.6 is 0 Å². The van der Waals surface area contributed by atoms with Crippen LogP contribution in [-0.2, 0) is 19.5 Å². The Morgan fingerprint density at radius 3 is 2.72 bits per heavy atom. The number of nitrogens with zero attached hydrogens (tertiary/aromatic N) is 3. The fourth-order valence-electron chi connectivity index (χ4n) is 3.84. The number of H-pyrrole nitrogens is 1. The van der Waals surface area contributed by atoms with Gasteiger partial charge in [-0.25, -0.2) is 9.97 Å². The lowest BCUT2D eigenvalue weighted by Gasteiger charge is -2.27. The highest BCUT2D eigenvalue weighted by atomic mass is 16.3. The number of hydrogen-bond acceptors (Lipinski definition) is 5. The van der Waals surface area contributed by atoms with Crippen molar-refractivity contribution in [3.63, 3.8) is 0 Å². The Kier molecular flexibility index (Phi) is 4.33. The highest BCUT2D eigenvalue weighted by molar-refractivity contribution is 5.84. The monoisotopic (exact) mass is 384 g/mol. The molecule has 0 spiro atoms. The predicted molar refractivity (Wildman–Crippen MR) is 112 cm³/mol. The van der Waals surface area contributed by atoms with Gasteiger partial charge in [0, 0.05) is 37.0 Å². The maximum absolute atomic E-state index is 12.7. The highest BCUT2D eigenvalue weighted by Crippen LogP contribution is 2.24. The van der Waals surface area contributed by atoms with Crippen LogP contribution in [0.1, 0.15) is 17.0 Å². The summed E-state index contributed by atoms with van der Waals surface area (Å²) in [6.45, 7) is 1.95. The Labute approximate surface area is 167 Å². The molecule has 1 aliphatic rings. The van der Waals surface area contributed by atoms with E-state index >= 15 is 0 Å². The highest BCUT2D eigenvalue weighted by Gasteiger charge is 2.22. The van der Waals surface area contributed by atoms with E-state index in [0.29, 0.717) is 24.4 Å². The Hall–Kier alpha value is -3.51. The number of benzene rings is 2. The fourth-order valence-corrected chi connectivity index (χ4v) is 3.84. The van der Waals surface area contributed by atoms with Gasteiger partial charge < -0.3 is 10.1 Å². The molecular formula is C23H20N4O2. The molecule has 0 fully saturated rings. The van der Waals surface area contributed by atoms with E-state index < -0.39 is 0 Å². The van der Waals surface area contributed by atoms with Gasteiger partial charge in [-0.15, -0.1) is 0 Å². The van der Waals surface area contributed by atoms with Crippen molar-refractivity contribution in [1.29, 1.82) is 0 Å². The van der Waals surface area contributed by atoms with Crippen molar-refractivity contribution in [3.05, 3.63) is 88.0 Å². The molecule has 4 aromatic rings. The van der Waals surface area contributed by atoms with E-state index in [-0.39, 0.29) is 11.3 Å². The molecule has 29 heavy (non-hydrogen) atoms. The third kappa shape index (κ3) is 3.39. The van der Waals surface area contributed by atoms with Crippen LogP contribution in [0.5, 0.6) is 5.75 Å². The molecule has 6 nitrogen and oxygen atoms in total. The van der Waals surface area contributed by atoms with Crippen LogP contribution < -0.4 is 5.56 Å². The number of aromatic amines is 1. The summed E-state index contributed by atoms with van der Waals surface area (Å²) in [4.78, 5) is 27.1. The number of nitrogens with one attached hydrogen (secondary N) is 1. The van der Waals surface area contributed by atoms with Gasteiger partial charge in [0.1, 0.15) is 17.1 Å². The van der Waals surface area contributed by atoms with Crippen molar-refractivity contribution in [2.75, 3.05) is 6.54 Å². The lowest BCUT2D eigenvalue weighted by Crippen LogP contribution is -2.35. The summed E-state index contributed by atoms with van der Waals surface area (Å²) in [5, 5.41) is 11.0. The van der Waals surface area contributed by atoms with Crippen LogP contribution in [0.3, 0.4) is 0 Å². The molecule has 0 saturated heterocycles. The van der Waals surface area contributed by atoms with Crippen LogP contribution in [0.4, 0.5) is 0 Å². The molecule has 144 valence electrons. The van der Waals surface area contributed by atoms with Crippen LogP contribution in [0, 0.1) is 0 Å². The minimum Gasteiger partial charge on any atom is -0.506 e. The Bertz CT molecular complexity index is 1250. The Balaban J connectivity index is 1.40. The topological polar surface area (TPSA) is 82.1 Å². The smallest absolute Gasteiger partial charge is 0.255 e. The SMILES string of the molecule is O=c1[nH]c(-c2ccccc2)nc2c1CN(Cc1ccc3cccc(O)c3n1)CC2. The minimum atomic E-state index is -0.0809. The number of phenolic OH excluding ortho intramolecular Hbond substituents is 1. The molecule has 3 heterocycles. The Morgan fingerprint density at radius 1 is 1.00 bits per heavy atom. The van der Waals surface area contributed by atoms with Gasteiger partial charge in [0.05, 0.1) is 17.0 Å². The molecule has 0 aliphatic carbocycles. The number of hydrogen-bond donors (Lipinski definition) is 2. The van der Waals surface area contributed by atoms with Crippen molar-refractivity contribution in [2.45, 2.75) is 19.5 Å². The van der Waals surface area contributed by atoms with Crippen LogP contribution in [-0.4, -0.2) is 31.5 Å². The number of phenols is 1. The molecule has 0 unspecified atom stereocenters. The number of pyridine rings is 1. The fraction of sp³-hybridized carbons (Fsp3) is 0.174. The maximum Gasteiger partial charge on any atom is 0.255 e. The van der Waals surface area contributed by atoms with Gasteiger partial charge in [0.2, 0.25) is 0 Å². The second kappa shape index (κ2) is 7.14. The summed E-state index contributed by atoms with van der Waals surface area (Å²) >= 11 is 0. The summed E-state index contributed by atoms with van der Waals surface area (Å²) in [6, 6.07) is 19.0. The summed E-state index contributed by atoms with van der Waals surface area (Å²) < 4.78 is 0. The van der Waals surface area contributed by atoms with E-state index in [2.05, 4.69) is 14.9 Å². The summed E-state index contributed by atoms with van der Waals surface area (Å²) in [7, 11) is 0. The van der Waals surface area contributed by atoms with Gasteiger partial charge in [0.25, 0.3) is 5.56 Å². The number of rotatable bonds is 3. The van der Waals surface area contributed by atoms with E-state index in [0.717, 1.165) is 40.9 Å². The van der Waals surface area contributed by atoms with E-state index in [4.69, 9.17) is 4.98 Å². The second-order valence-corrected chi connectivity index (χ2v) is 7.32. The van der Waals surface area contributed by atoms with Gasteiger partial charge >= 0.3 is 0 Å². The Morgan fingerprint density at radius 2 is 1.86 bits per heavy atom. The average Bonchev–Trinajstić information content (AvgIpc) is 2.75. The minimum absolute atomic E-state index is 0.0809. The van der Waals surface area contributed by atoms with Crippen LogP contribution in [0.15, 0.2) is 65.5 Å². The molecule has 2 aromatic carbocycles. The maximum atomic E-state index is 12.7. The van der Waals surface area contributed by atoms with E-state index in [1.165, 1.54) is 0 Å². The van der Waals surface area contributed by atoms with Crippen molar-refractivity contribution < 1.29 is 5.11 Å². The van der Waals surface area contributed by atoms with Crippen molar-refractivity contribution in [1.82, 2.24) is 19.9 Å². The first-order chi connectivity index (χ1) is 14.2. The molecule has 1 aliphatic heterocycles. The summed E-state index contributed by atoms with van der Waals surface area (Å²) in [5.41, 5.74) is 3.90. The molecule has 0 saturated carbocycles. The van der Waals surface area contributed by atoms with Gasteiger partial charge in [-0.1, -0.05) is 48.5 Å². The first kappa shape index (κ1) is 17.6. The lowest BCUT2D eigenvalue weighted by molar-refractivity contribution is 0.239. The molecule has 0 amide bonds. The predicted octanol–water partition coefficient (Wildman–Crippen LogP) is 3.25. The molecule has 2 N–H and O–H groups in total. The summed E-state index contributed by atoms with van der Waals surface area (Å²) in [5.74, 6) is 0.803. The number of para-hydroxylation sites is 1. The average molecular weight is 384 g/mol. The lowest BCUT2D eigenvalue weighted by atomic mass is 10.1. The zero-order valence-electron chi connectivity index (χ0n) is 15.8. The van der Waals surface area contributed by atoms with Gasteiger partial charge in [-0.05, 0) is 12.1 Å². The van der Waals surface area contributed by atoms with E-state index in [1.807, 2.05) is 54.6 Å². The van der Waals surface area contributed by atoms with Crippen molar-refractivity contribution in [2.24, 2.45) is 0 Å². The molecule has 0 radical (unpaired) electrons. The first-order valence-corrected chi connectivity index (χ1v) is 9.65. The largest absolute Gasteiger partial charge is 0.506 e. The zero-order chi connectivity index (χ0) is 19.8. The quantitative estimate of drug-likeness (QED) is 0.567. The number of fused-ring (bicyclic) bond motifs is 2. The molecule has 5 rings (SSSR count). The zero-order valence-corrected chi connectivity index (χ0v) is 15.8. The summed E-state index contributed by atoms with van der Waals surface area (Å²) in [6.07, 6.45) is 0.720. The van der Waals surface area contributed by atoms with Crippen molar-refractivity contribution >= 4 is 10.9 Å². The van der Waals surface area contributed by atoms with Crippen LogP contribution in [0.25, 0.3) is 22.3 Å². The normalized spacial score (nSPS) is 14.1.